The molecular weight excluding hydrogens is 625 g/mol. The molecule has 3 fully saturated rings. The first-order chi connectivity index (χ1) is 22.5. The number of nitrogens with zero attached hydrogens (tertiary/aromatic N) is 3. The second-order valence-electron chi connectivity index (χ2n) is 12.4. The van der Waals surface area contributed by atoms with Gasteiger partial charge >= 0.3 is 6.03 Å². The van der Waals surface area contributed by atoms with Crippen LogP contribution in [0.1, 0.15) is 54.5 Å². The zero-order valence-electron chi connectivity index (χ0n) is 25.8. The van der Waals surface area contributed by atoms with Gasteiger partial charge in [-0.1, -0.05) is 42.5 Å². The summed E-state index contributed by atoms with van der Waals surface area (Å²) >= 11 is 0. The van der Waals surface area contributed by atoms with Crippen LogP contribution in [-0.2, 0) is 19.7 Å². The second-order valence-corrected chi connectivity index (χ2v) is 14.1. The Labute approximate surface area is 272 Å². The van der Waals surface area contributed by atoms with E-state index >= 15 is 4.39 Å². The fourth-order valence-electron chi connectivity index (χ4n) is 6.62. The van der Waals surface area contributed by atoms with Crippen molar-refractivity contribution in [3.8, 4) is 0 Å². The van der Waals surface area contributed by atoms with Gasteiger partial charge in [-0.15, -0.1) is 0 Å². The molecule has 3 aromatic rings. The number of para-hydroxylation sites is 1. The van der Waals surface area contributed by atoms with Crippen molar-refractivity contribution in [1.82, 2.24) is 10.2 Å². The molecule has 2 atom stereocenters. The lowest BCUT2D eigenvalue weighted by molar-refractivity contribution is -0.132. The summed E-state index contributed by atoms with van der Waals surface area (Å²) in [7, 11) is -4.38. The van der Waals surface area contributed by atoms with Gasteiger partial charge in [-0.25, -0.2) is 14.2 Å². The van der Waals surface area contributed by atoms with E-state index in [0.29, 0.717) is 36.2 Å². The molecule has 2 saturated heterocycles. The van der Waals surface area contributed by atoms with Gasteiger partial charge in [0, 0.05) is 29.9 Å². The highest BCUT2D eigenvalue weighted by Gasteiger charge is 2.37. The molecular formula is C34H36FN5O6S. The SMILES string of the molecule is CC(c1cccc(NC(=O)NC2N=C(c3ccccc3F)c3ccccc3N(CC(=O)N3CC4CCC(CC4)C3)C2=O)c1)S(=O)(=O)O. The molecule has 2 unspecified atom stereocenters. The van der Waals surface area contributed by atoms with E-state index in [2.05, 4.69) is 15.6 Å². The van der Waals surface area contributed by atoms with Crippen molar-refractivity contribution < 1.29 is 31.7 Å². The van der Waals surface area contributed by atoms with Crippen molar-refractivity contribution in [3.05, 3.63) is 95.3 Å². The van der Waals surface area contributed by atoms with E-state index in [-0.39, 0.29) is 35.0 Å². The third-order valence-corrected chi connectivity index (χ3v) is 10.4. The molecule has 2 bridgehead atoms. The Morgan fingerprint density at radius 1 is 0.957 bits per heavy atom. The molecule has 246 valence electrons. The molecule has 0 aromatic heterocycles. The number of amides is 4. The number of anilines is 2. The van der Waals surface area contributed by atoms with Gasteiger partial charge in [0.2, 0.25) is 12.1 Å². The highest BCUT2D eigenvalue weighted by atomic mass is 32.2. The van der Waals surface area contributed by atoms with Crippen molar-refractivity contribution >= 4 is 45.1 Å². The van der Waals surface area contributed by atoms with E-state index in [9.17, 15) is 27.4 Å². The van der Waals surface area contributed by atoms with E-state index in [0.717, 1.165) is 25.7 Å². The summed E-state index contributed by atoms with van der Waals surface area (Å²) in [6.45, 7) is 2.29. The van der Waals surface area contributed by atoms with Crippen LogP contribution in [0.15, 0.2) is 77.8 Å². The van der Waals surface area contributed by atoms with Gasteiger partial charge in [-0.3, -0.25) is 19.0 Å². The van der Waals surface area contributed by atoms with Crippen LogP contribution in [0.2, 0.25) is 0 Å². The van der Waals surface area contributed by atoms with Crippen LogP contribution in [0.5, 0.6) is 0 Å². The highest BCUT2D eigenvalue weighted by molar-refractivity contribution is 7.86. The van der Waals surface area contributed by atoms with Gasteiger partial charge in [-0.05, 0) is 80.3 Å². The first-order valence-corrected chi connectivity index (χ1v) is 17.1. The molecule has 1 aliphatic carbocycles. The number of hydrogen-bond donors (Lipinski definition) is 3. The number of aliphatic imine (C=N–C) groups is 1. The maximum absolute atomic E-state index is 15.2. The largest absolute Gasteiger partial charge is 0.341 e. The zero-order chi connectivity index (χ0) is 33.3. The smallest absolute Gasteiger partial charge is 0.321 e. The molecule has 4 amide bonds. The molecule has 4 aliphatic rings. The van der Waals surface area contributed by atoms with Gasteiger partial charge in [0.05, 0.1) is 11.4 Å². The van der Waals surface area contributed by atoms with E-state index in [1.165, 1.54) is 54.3 Å². The Bertz CT molecular complexity index is 1830. The Morgan fingerprint density at radius 2 is 1.60 bits per heavy atom. The molecule has 3 heterocycles. The standard InChI is InChI=1S/C34H36FN5O6S/c1-21(47(44,45)46)24-7-6-8-25(17-24)36-34(43)38-32-33(42)40(20-30(41)39-18-22-13-14-23(19-39)16-15-22)29-12-5-3-10-27(29)31(37-32)26-9-2-4-11-28(26)35/h2-12,17,21-23,32H,13-16,18-20H2,1H3,(H2,36,38,43)(H,44,45,46). The van der Waals surface area contributed by atoms with Crippen LogP contribution < -0.4 is 15.5 Å². The van der Waals surface area contributed by atoms with Crippen molar-refractivity contribution in [3.63, 3.8) is 0 Å². The van der Waals surface area contributed by atoms with Crippen LogP contribution in [0.25, 0.3) is 0 Å². The molecule has 3 aliphatic heterocycles. The number of fused-ring (bicyclic) bond motifs is 5. The summed E-state index contributed by atoms with van der Waals surface area (Å²) in [4.78, 5) is 49.1. The molecule has 11 nitrogen and oxygen atoms in total. The maximum Gasteiger partial charge on any atom is 0.321 e. The molecule has 13 heteroatoms. The number of benzodiazepines with no additional fused rings is 1. The Kier molecular flexibility index (Phi) is 9.11. The normalized spacial score (nSPS) is 21.6. The topological polar surface area (TPSA) is 148 Å². The summed E-state index contributed by atoms with van der Waals surface area (Å²) in [5, 5.41) is 3.90. The lowest BCUT2D eigenvalue weighted by Crippen LogP contribution is -2.51. The fourth-order valence-corrected chi connectivity index (χ4v) is 7.11. The first-order valence-electron chi connectivity index (χ1n) is 15.6. The van der Waals surface area contributed by atoms with Crippen LogP contribution in [0, 0.1) is 17.7 Å². The number of hydrogen-bond acceptors (Lipinski definition) is 6. The quantitative estimate of drug-likeness (QED) is 0.311. The van der Waals surface area contributed by atoms with Crippen LogP contribution in [-0.4, -0.2) is 67.2 Å². The predicted molar refractivity (Wildman–Crippen MR) is 175 cm³/mol. The Morgan fingerprint density at radius 3 is 2.26 bits per heavy atom. The molecule has 3 aromatic carbocycles. The average Bonchev–Trinajstić information content (AvgIpc) is 3.43. The first kappa shape index (κ1) is 32.3. The van der Waals surface area contributed by atoms with E-state index < -0.39 is 39.3 Å². The van der Waals surface area contributed by atoms with Gasteiger partial charge in [0.1, 0.15) is 17.6 Å². The number of carbonyl (C=O) groups is 3. The second kappa shape index (κ2) is 13.2. The summed E-state index contributed by atoms with van der Waals surface area (Å²) < 4.78 is 48.0. The molecule has 47 heavy (non-hydrogen) atoms. The number of benzene rings is 3. The van der Waals surface area contributed by atoms with Crippen molar-refractivity contribution in [2.24, 2.45) is 16.8 Å². The predicted octanol–water partition coefficient (Wildman–Crippen LogP) is 4.75. The van der Waals surface area contributed by atoms with Crippen molar-refractivity contribution in [2.75, 3.05) is 29.9 Å². The van der Waals surface area contributed by atoms with Crippen molar-refractivity contribution in [1.29, 1.82) is 0 Å². The minimum Gasteiger partial charge on any atom is -0.341 e. The van der Waals surface area contributed by atoms with E-state index in [4.69, 9.17) is 0 Å². The molecule has 3 N–H and O–H groups in total. The molecule has 0 spiro atoms. The van der Waals surface area contributed by atoms with E-state index in [1.54, 1.807) is 30.3 Å². The highest BCUT2D eigenvalue weighted by Crippen LogP contribution is 2.35. The van der Waals surface area contributed by atoms with Gasteiger partial charge in [-0.2, -0.15) is 8.42 Å². The lowest BCUT2D eigenvalue weighted by Gasteiger charge is -2.29. The maximum atomic E-state index is 15.2. The van der Waals surface area contributed by atoms with Crippen LogP contribution >= 0.6 is 0 Å². The summed E-state index contributed by atoms with van der Waals surface area (Å²) in [6.07, 6.45) is 2.78. The fraction of sp³-hybridized carbons (Fsp3) is 0.353. The number of nitrogens with one attached hydrogen (secondary N) is 2. The molecule has 1 saturated carbocycles. The summed E-state index contributed by atoms with van der Waals surface area (Å²) in [5.41, 5.74) is 1.46. The summed E-state index contributed by atoms with van der Waals surface area (Å²) in [6, 6.07) is 17.8. The van der Waals surface area contributed by atoms with Gasteiger partial charge in [0.15, 0.2) is 0 Å². The minimum absolute atomic E-state index is 0.115. The Hall–Kier alpha value is -4.62. The number of urea groups is 1. The van der Waals surface area contributed by atoms with Crippen LogP contribution in [0.4, 0.5) is 20.6 Å². The van der Waals surface area contributed by atoms with Gasteiger partial charge in [0.25, 0.3) is 16.0 Å². The number of halogens is 1. The van der Waals surface area contributed by atoms with E-state index in [1.807, 2.05) is 4.90 Å². The van der Waals surface area contributed by atoms with Crippen molar-refractivity contribution in [2.45, 2.75) is 44.0 Å². The summed E-state index contributed by atoms with van der Waals surface area (Å²) in [5.74, 6) is -0.616. The zero-order valence-corrected chi connectivity index (χ0v) is 26.6. The Balaban J connectivity index is 1.33. The average molecular weight is 662 g/mol. The third kappa shape index (κ3) is 7.05. The van der Waals surface area contributed by atoms with Crippen LogP contribution in [0.3, 0.4) is 0 Å². The third-order valence-electron chi connectivity index (χ3n) is 9.24. The minimum atomic E-state index is -4.38. The molecule has 0 radical (unpaired) electrons. The lowest BCUT2D eigenvalue weighted by atomic mass is 9.84. The number of rotatable bonds is 7. The monoisotopic (exact) mass is 661 g/mol. The number of carbonyl (C=O) groups excluding carboxylic acids is 3. The molecule has 7 rings (SSSR count). The van der Waals surface area contributed by atoms with Gasteiger partial charge < -0.3 is 15.5 Å².